The lowest BCUT2D eigenvalue weighted by atomic mass is 9.98. The van der Waals surface area contributed by atoms with Crippen molar-refractivity contribution in [3.05, 3.63) is 68.9 Å². The largest absolute Gasteiger partial charge is 0.462 e. The zero-order valence-electron chi connectivity index (χ0n) is 13.7. The predicted octanol–water partition coefficient (Wildman–Crippen LogP) is 3.09. The van der Waals surface area contributed by atoms with Gasteiger partial charge in [0.2, 0.25) is 0 Å². The molecule has 1 aliphatic rings. The van der Waals surface area contributed by atoms with Gasteiger partial charge in [-0.15, -0.1) is 0 Å². The molecule has 126 valence electrons. The Balaban J connectivity index is 2.05. The Hall–Kier alpha value is -2.43. The highest BCUT2D eigenvalue weighted by atomic mass is 19.1. The van der Waals surface area contributed by atoms with Crippen molar-refractivity contribution in [2.45, 2.75) is 39.2 Å². The SMILES string of the molecule is CCOC(=O)c1cc(Cc2ccc(F)cc2)c(=O)n2c1CCCC2. The highest BCUT2D eigenvalue weighted by molar-refractivity contribution is 5.91. The van der Waals surface area contributed by atoms with E-state index in [2.05, 4.69) is 0 Å². The molecule has 0 aliphatic carbocycles. The number of nitrogens with zero attached hydrogens (tertiary/aromatic N) is 1. The summed E-state index contributed by atoms with van der Waals surface area (Å²) < 4.78 is 19.9. The Morgan fingerprint density at radius 2 is 2.00 bits per heavy atom. The first kappa shape index (κ1) is 16.4. The molecular formula is C19H20FNO3. The van der Waals surface area contributed by atoms with Crippen LogP contribution in [-0.4, -0.2) is 17.1 Å². The van der Waals surface area contributed by atoms with Crippen molar-refractivity contribution in [1.82, 2.24) is 4.57 Å². The topological polar surface area (TPSA) is 48.3 Å². The molecule has 0 saturated heterocycles. The zero-order chi connectivity index (χ0) is 17.1. The first-order chi connectivity index (χ1) is 11.6. The summed E-state index contributed by atoms with van der Waals surface area (Å²) in [6.07, 6.45) is 2.96. The molecule has 5 heteroatoms. The number of halogens is 1. The average molecular weight is 329 g/mol. The maximum Gasteiger partial charge on any atom is 0.339 e. The standard InChI is InChI=1S/C19H20FNO3/c1-2-24-19(23)16-12-14(11-13-6-8-15(20)9-7-13)18(22)21-10-4-3-5-17(16)21/h6-9,12H,2-5,10-11H2,1H3. The molecule has 0 N–H and O–H groups in total. The normalized spacial score (nSPS) is 13.4. The monoisotopic (exact) mass is 329 g/mol. The smallest absolute Gasteiger partial charge is 0.339 e. The number of fused-ring (bicyclic) bond motifs is 1. The number of carbonyl (C=O) groups excluding carboxylic acids is 1. The summed E-state index contributed by atoms with van der Waals surface area (Å²) in [6.45, 7) is 2.68. The molecule has 0 radical (unpaired) electrons. The van der Waals surface area contributed by atoms with Crippen LogP contribution in [0.25, 0.3) is 0 Å². The van der Waals surface area contributed by atoms with Gasteiger partial charge in [0, 0.05) is 24.2 Å². The van der Waals surface area contributed by atoms with Crippen molar-refractivity contribution in [3.8, 4) is 0 Å². The van der Waals surface area contributed by atoms with Crippen molar-refractivity contribution >= 4 is 5.97 Å². The van der Waals surface area contributed by atoms with E-state index in [0.29, 0.717) is 37.1 Å². The van der Waals surface area contributed by atoms with Crippen molar-refractivity contribution < 1.29 is 13.9 Å². The second-order valence-electron chi connectivity index (χ2n) is 5.97. The summed E-state index contributed by atoms with van der Waals surface area (Å²) in [5.41, 5.74) is 2.55. The Labute approximate surface area is 139 Å². The number of carbonyl (C=O) groups is 1. The van der Waals surface area contributed by atoms with E-state index >= 15 is 0 Å². The maximum atomic E-state index is 13.1. The molecule has 0 bridgehead atoms. The zero-order valence-corrected chi connectivity index (χ0v) is 13.7. The van der Waals surface area contributed by atoms with E-state index in [1.807, 2.05) is 0 Å². The van der Waals surface area contributed by atoms with Crippen molar-refractivity contribution in [2.75, 3.05) is 6.61 Å². The molecule has 2 heterocycles. The predicted molar refractivity (Wildman–Crippen MR) is 88.8 cm³/mol. The summed E-state index contributed by atoms with van der Waals surface area (Å²) in [5.74, 6) is -0.698. The third-order valence-corrected chi connectivity index (χ3v) is 4.32. The number of pyridine rings is 1. The number of aromatic nitrogens is 1. The minimum atomic E-state index is -0.386. The van der Waals surface area contributed by atoms with Crippen LogP contribution in [0.4, 0.5) is 4.39 Å². The molecule has 2 aromatic rings. The molecule has 0 unspecified atom stereocenters. The van der Waals surface area contributed by atoms with E-state index in [1.165, 1.54) is 12.1 Å². The number of hydrogen-bond donors (Lipinski definition) is 0. The van der Waals surface area contributed by atoms with E-state index < -0.39 is 0 Å². The highest BCUT2D eigenvalue weighted by Gasteiger charge is 2.22. The van der Waals surface area contributed by atoms with Gasteiger partial charge in [0.25, 0.3) is 5.56 Å². The van der Waals surface area contributed by atoms with Crippen LogP contribution in [0.3, 0.4) is 0 Å². The van der Waals surface area contributed by atoms with Gasteiger partial charge in [-0.25, -0.2) is 9.18 Å². The van der Waals surface area contributed by atoms with Gasteiger partial charge in [0.15, 0.2) is 0 Å². The Morgan fingerprint density at radius 3 is 2.71 bits per heavy atom. The van der Waals surface area contributed by atoms with E-state index in [0.717, 1.165) is 24.1 Å². The molecule has 1 aliphatic heterocycles. The van der Waals surface area contributed by atoms with Gasteiger partial charge in [-0.3, -0.25) is 4.79 Å². The summed E-state index contributed by atoms with van der Waals surface area (Å²) in [5, 5.41) is 0. The molecule has 0 saturated carbocycles. The fourth-order valence-electron chi connectivity index (χ4n) is 3.16. The van der Waals surface area contributed by atoms with E-state index in [4.69, 9.17) is 4.74 Å². The molecule has 0 atom stereocenters. The second-order valence-corrected chi connectivity index (χ2v) is 5.97. The first-order valence-electron chi connectivity index (χ1n) is 8.27. The number of esters is 1. The Bertz CT molecular complexity index is 809. The number of rotatable bonds is 4. The van der Waals surface area contributed by atoms with E-state index in [-0.39, 0.29) is 17.3 Å². The second kappa shape index (κ2) is 6.99. The van der Waals surface area contributed by atoms with Crippen LogP contribution in [0.5, 0.6) is 0 Å². The van der Waals surface area contributed by atoms with Gasteiger partial charge in [0.1, 0.15) is 5.82 Å². The minimum Gasteiger partial charge on any atom is -0.462 e. The summed E-state index contributed by atoms with van der Waals surface area (Å²) in [4.78, 5) is 25.0. The van der Waals surface area contributed by atoms with Crippen LogP contribution in [-0.2, 0) is 24.1 Å². The number of hydrogen-bond acceptors (Lipinski definition) is 3. The van der Waals surface area contributed by atoms with Gasteiger partial charge in [0.05, 0.1) is 12.2 Å². The molecule has 0 spiro atoms. The van der Waals surface area contributed by atoms with Crippen LogP contribution >= 0.6 is 0 Å². The van der Waals surface area contributed by atoms with Gasteiger partial charge in [-0.2, -0.15) is 0 Å². The summed E-state index contributed by atoms with van der Waals surface area (Å²) >= 11 is 0. The van der Waals surface area contributed by atoms with E-state index in [1.54, 1.807) is 29.7 Å². The fraction of sp³-hybridized carbons (Fsp3) is 0.368. The van der Waals surface area contributed by atoms with Crippen LogP contribution < -0.4 is 5.56 Å². The lowest BCUT2D eigenvalue weighted by Crippen LogP contribution is -2.32. The number of ether oxygens (including phenoxy) is 1. The molecule has 1 aromatic heterocycles. The third kappa shape index (κ3) is 3.25. The summed E-state index contributed by atoms with van der Waals surface area (Å²) in [6, 6.07) is 7.71. The van der Waals surface area contributed by atoms with Crippen LogP contribution in [0.2, 0.25) is 0 Å². The Kier molecular flexibility index (Phi) is 4.79. The Morgan fingerprint density at radius 1 is 1.25 bits per heavy atom. The molecule has 24 heavy (non-hydrogen) atoms. The first-order valence-corrected chi connectivity index (χ1v) is 8.27. The van der Waals surface area contributed by atoms with Crippen LogP contribution in [0.15, 0.2) is 35.1 Å². The van der Waals surface area contributed by atoms with E-state index in [9.17, 15) is 14.0 Å². The molecule has 1 aromatic carbocycles. The molecule has 0 amide bonds. The van der Waals surface area contributed by atoms with Crippen molar-refractivity contribution in [1.29, 1.82) is 0 Å². The molecule has 3 rings (SSSR count). The van der Waals surface area contributed by atoms with Crippen LogP contribution in [0, 0.1) is 5.82 Å². The summed E-state index contributed by atoms with van der Waals surface area (Å²) in [7, 11) is 0. The van der Waals surface area contributed by atoms with Crippen LogP contribution in [0.1, 0.15) is 46.9 Å². The quantitative estimate of drug-likeness (QED) is 0.810. The maximum absolute atomic E-state index is 13.1. The fourth-order valence-corrected chi connectivity index (χ4v) is 3.16. The van der Waals surface area contributed by atoms with Crippen molar-refractivity contribution in [2.24, 2.45) is 0 Å². The molecular weight excluding hydrogens is 309 g/mol. The highest BCUT2D eigenvalue weighted by Crippen LogP contribution is 2.20. The van der Waals surface area contributed by atoms with Crippen molar-refractivity contribution in [3.63, 3.8) is 0 Å². The lowest BCUT2D eigenvalue weighted by molar-refractivity contribution is 0.0523. The van der Waals surface area contributed by atoms with Gasteiger partial charge in [-0.1, -0.05) is 12.1 Å². The van der Waals surface area contributed by atoms with Gasteiger partial charge in [-0.05, 0) is 49.9 Å². The number of benzene rings is 1. The molecule has 0 fully saturated rings. The van der Waals surface area contributed by atoms with Gasteiger partial charge >= 0.3 is 5.97 Å². The lowest BCUT2D eigenvalue weighted by Gasteiger charge is -2.22. The average Bonchev–Trinajstić information content (AvgIpc) is 2.59. The minimum absolute atomic E-state index is 0.0675. The third-order valence-electron chi connectivity index (χ3n) is 4.32. The molecule has 4 nitrogen and oxygen atoms in total. The van der Waals surface area contributed by atoms with Gasteiger partial charge < -0.3 is 9.30 Å².